The quantitative estimate of drug-likeness (QED) is 0.258. The fourth-order valence-corrected chi connectivity index (χ4v) is 3.00. The van der Waals surface area contributed by atoms with Crippen molar-refractivity contribution in [3.8, 4) is 0 Å². The van der Waals surface area contributed by atoms with E-state index in [9.17, 15) is 4.79 Å². The molecule has 0 bridgehead atoms. The van der Waals surface area contributed by atoms with Gasteiger partial charge >= 0.3 is 5.97 Å². The Kier molecular flexibility index (Phi) is 13.3. The van der Waals surface area contributed by atoms with E-state index in [0.717, 1.165) is 30.6 Å². The molecule has 1 rings (SSSR count). The van der Waals surface area contributed by atoms with Crippen LogP contribution in [0.25, 0.3) is 0 Å². The normalized spacial score (nSPS) is 11.1. The van der Waals surface area contributed by atoms with E-state index in [4.69, 9.17) is 5.11 Å². The van der Waals surface area contributed by atoms with Crippen LogP contribution in [0.15, 0.2) is 36.4 Å². The number of anilines is 1. The molecule has 2 N–H and O–H groups in total. The van der Waals surface area contributed by atoms with Crippen molar-refractivity contribution in [1.82, 2.24) is 0 Å². The van der Waals surface area contributed by atoms with Crippen molar-refractivity contribution in [2.24, 2.45) is 0 Å². The zero-order valence-corrected chi connectivity index (χ0v) is 16.5. The van der Waals surface area contributed by atoms with E-state index in [0.29, 0.717) is 6.42 Å². The molecule has 0 amide bonds. The van der Waals surface area contributed by atoms with Crippen LogP contribution in [0.1, 0.15) is 83.1 Å². The maximum Gasteiger partial charge on any atom is 0.303 e. The van der Waals surface area contributed by atoms with Gasteiger partial charge in [0.15, 0.2) is 0 Å². The summed E-state index contributed by atoms with van der Waals surface area (Å²) < 4.78 is 0. The van der Waals surface area contributed by atoms with Crippen molar-refractivity contribution in [3.05, 3.63) is 42.0 Å². The van der Waals surface area contributed by atoms with Crippen LogP contribution in [0.2, 0.25) is 0 Å². The van der Waals surface area contributed by atoms with Gasteiger partial charge in [0, 0.05) is 18.7 Å². The molecular weight excluding hydrogens is 322 g/mol. The maximum absolute atomic E-state index is 10.6. The number of hydrogen-bond donors (Lipinski definition) is 2. The van der Waals surface area contributed by atoms with Crippen LogP contribution in [-0.2, 0) is 11.2 Å². The van der Waals surface area contributed by atoms with E-state index >= 15 is 0 Å². The van der Waals surface area contributed by atoms with Gasteiger partial charge in [-0.05, 0) is 49.8 Å². The van der Waals surface area contributed by atoms with Gasteiger partial charge in [-0.1, -0.05) is 69.7 Å². The van der Waals surface area contributed by atoms with Crippen LogP contribution in [-0.4, -0.2) is 17.6 Å². The maximum atomic E-state index is 10.6. The van der Waals surface area contributed by atoms with Gasteiger partial charge in [0.2, 0.25) is 0 Å². The van der Waals surface area contributed by atoms with E-state index in [2.05, 4.69) is 30.5 Å². The minimum absolute atomic E-state index is 0.187. The third-order valence-corrected chi connectivity index (χ3v) is 4.57. The molecule has 0 saturated heterocycles. The largest absolute Gasteiger partial charge is 0.481 e. The van der Waals surface area contributed by atoms with Gasteiger partial charge in [-0.2, -0.15) is 0 Å². The first-order chi connectivity index (χ1) is 12.7. The van der Waals surface area contributed by atoms with Gasteiger partial charge < -0.3 is 10.4 Å². The molecule has 0 radical (unpaired) electrons. The number of rotatable bonds is 16. The summed E-state index contributed by atoms with van der Waals surface area (Å²) in [5.41, 5.74) is 2.16. The zero-order valence-electron chi connectivity index (χ0n) is 16.5. The highest BCUT2D eigenvalue weighted by molar-refractivity contribution is 5.67. The van der Waals surface area contributed by atoms with E-state index in [1.54, 1.807) is 0 Å². The van der Waals surface area contributed by atoms with Gasteiger partial charge in [0.25, 0.3) is 0 Å². The Balaban J connectivity index is 2.01. The molecule has 0 heterocycles. The lowest BCUT2D eigenvalue weighted by atomic mass is 10.1. The number of carbonyl (C=O) groups is 1. The third kappa shape index (κ3) is 12.6. The summed E-state index contributed by atoms with van der Waals surface area (Å²) >= 11 is 0. The highest BCUT2D eigenvalue weighted by Crippen LogP contribution is 2.13. The van der Waals surface area contributed by atoms with Crippen molar-refractivity contribution >= 4 is 11.7 Å². The van der Waals surface area contributed by atoms with E-state index in [-0.39, 0.29) is 6.42 Å². The summed E-state index contributed by atoms with van der Waals surface area (Å²) in [6.07, 6.45) is 18.5. The first-order valence-corrected chi connectivity index (χ1v) is 10.4. The minimum atomic E-state index is -0.744. The molecular formula is C23H37NO2. The Morgan fingerprint density at radius 1 is 1.00 bits per heavy atom. The molecule has 1 aromatic carbocycles. The van der Waals surface area contributed by atoms with Crippen LogP contribution in [0.4, 0.5) is 5.69 Å². The van der Waals surface area contributed by atoms with Crippen molar-refractivity contribution < 1.29 is 9.90 Å². The monoisotopic (exact) mass is 359 g/mol. The molecule has 26 heavy (non-hydrogen) atoms. The molecule has 146 valence electrons. The Morgan fingerprint density at radius 2 is 1.69 bits per heavy atom. The van der Waals surface area contributed by atoms with E-state index < -0.39 is 5.97 Å². The fraction of sp³-hybridized carbons (Fsp3) is 0.609. The number of allylic oxidation sites excluding steroid dienone is 2. The second-order valence-electron chi connectivity index (χ2n) is 7.04. The molecule has 0 aliphatic carbocycles. The Labute approximate surface area is 159 Å². The summed E-state index contributed by atoms with van der Waals surface area (Å²) in [6, 6.07) is 8.07. The van der Waals surface area contributed by atoms with Crippen LogP contribution >= 0.6 is 0 Å². The lowest BCUT2D eigenvalue weighted by Gasteiger charge is -2.07. The summed E-state index contributed by atoms with van der Waals surface area (Å²) in [4.78, 5) is 10.6. The zero-order chi connectivity index (χ0) is 18.9. The van der Waals surface area contributed by atoms with Gasteiger partial charge in [0.05, 0.1) is 0 Å². The molecule has 0 fully saturated rings. The van der Waals surface area contributed by atoms with Gasteiger partial charge in [-0.3, -0.25) is 4.79 Å². The second-order valence-corrected chi connectivity index (χ2v) is 7.04. The number of hydrogen-bond acceptors (Lipinski definition) is 2. The topological polar surface area (TPSA) is 49.3 Å². The van der Waals surface area contributed by atoms with Crippen molar-refractivity contribution in [2.75, 3.05) is 11.9 Å². The average molecular weight is 360 g/mol. The van der Waals surface area contributed by atoms with Crippen LogP contribution in [0, 0.1) is 0 Å². The second kappa shape index (κ2) is 15.5. The standard InChI is InChI=1S/C23H37NO2/c1-2-3-4-5-6-7-8-9-10-11-12-13-19-24-22-16-14-15-21(20-22)17-18-23(25)26/h10-11,14-16,20,24H,2-9,12-13,17-19H2,1H3,(H,25,26). The number of benzene rings is 1. The van der Waals surface area contributed by atoms with Gasteiger partial charge in [-0.15, -0.1) is 0 Å². The Hall–Kier alpha value is -1.77. The number of carboxylic acid groups (broad SMARTS) is 1. The number of nitrogens with one attached hydrogen (secondary N) is 1. The van der Waals surface area contributed by atoms with Crippen LogP contribution in [0.5, 0.6) is 0 Å². The van der Waals surface area contributed by atoms with Gasteiger partial charge in [-0.25, -0.2) is 0 Å². The van der Waals surface area contributed by atoms with Gasteiger partial charge in [0.1, 0.15) is 0 Å². The lowest BCUT2D eigenvalue weighted by Crippen LogP contribution is -2.02. The first-order valence-electron chi connectivity index (χ1n) is 10.4. The Morgan fingerprint density at radius 3 is 2.42 bits per heavy atom. The summed E-state index contributed by atoms with van der Waals surface area (Å²) in [6.45, 7) is 3.21. The molecule has 3 nitrogen and oxygen atoms in total. The molecule has 3 heteroatoms. The summed E-state index contributed by atoms with van der Waals surface area (Å²) in [7, 11) is 0. The predicted molar refractivity (Wildman–Crippen MR) is 112 cm³/mol. The average Bonchev–Trinajstić information content (AvgIpc) is 2.64. The predicted octanol–water partition coefficient (Wildman–Crippen LogP) is 6.59. The summed E-state index contributed by atoms with van der Waals surface area (Å²) in [5, 5.41) is 12.2. The molecule has 0 aliphatic heterocycles. The molecule has 0 saturated carbocycles. The molecule has 0 unspecified atom stereocenters. The van der Waals surface area contributed by atoms with Crippen molar-refractivity contribution in [3.63, 3.8) is 0 Å². The fourth-order valence-electron chi connectivity index (χ4n) is 3.00. The van der Waals surface area contributed by atoms with Crippen LogP contribution in [0.3, 0.4) is 0 Å². The number of unbranched alkanes of at least 4 members (excludes halogenated alkanes) is 8. The number of carboxylic acids is 1. The molecule has 0 aromatic heterocycles. The summed E-state index contributed by atoms with van der Waals surface area (Å²) in [5.74, 6) is -0.744. The number of aryl methyl sites for hydroxylation is 1. The minimum Gasteiger partial charge on any atom is -0.481 e. The molecule has 1 aromatic rings. The van der Waals surface area contributed by atoms with Crippen LogP contribution < -0.4 is 5.32 Å². The highest BCUT2D eigenvalue weighted by atomic mass is 16.4. The smallest absolute Gasteiger partial charge is 0.303 e. The number of aliphatic carboxylic acids is 1. The van der Waals surface area contributed by atoms with Crippen molar-refractivity contribution in [1.29, 1.82) is 0 Å². The first kappa shape index (κ1) is 22.3. The molecule has 0 atom stereocenters. The van der Waals surface area contributed by atoms with Crippen molar-refractivity contribution in [2.45, 2.75) is 84.0 Å². The SMILES string of the molecule is CCCCCCCCCC=CCCCNc1cccc(CCC(=O)O)c1. The third-order valence-electron chi connectivity index (χ3n) is 4.57. The van der Waals surface area contributed by atoms with E-state index in [1.807, 2.05) is 18.2 Å². The Bertz CT molecular complexity index is 511. The molecule has 0 aliphatic rings. The highest BCUT2D eigenvalue weighted by Gasteiger charge is 2.00. The lowest BCUT2D eigenvalue weighted by molar-refractivity contribution is -0.136. The van der Waals surface area contributed by atoms with E-state index in [1.165, 1.54) is 51.4 Å². The molecule has 0 spiro atoms.